The molecule has 0 unspecified atom stereocenters. The summed E-state index contributed by atoms with van der Waals surface area (Å²) in [4.78, 5) is 17.8. The zero-order valence-corrected chi connectivity index (χ0v) is 18.3. The van der Waals surface area contributed by atoms with E-state index in [9.17, 15) is 4.79 Å². The molecule has 1 amide bonds. The van der Waals surface area contributed by atoms with E-state index in [1.807, 2.05) is 12.1 Å². The maximum Gasteiger partial charge on any atom is 0.277 e. The highest BCUT2D eigenvalue weighted by atomic mass is 16.7. The quantitative estimate of drug-likeness (QED) is 0.388. The summed E-state index contributed by atoms with van der Waals surface area (Å²) in [6, 6.07) is 3.77. The van der Waals surface area contributed by atoms with Gasteiger partial charge in [-0.05, 0) is 23.0 Å². The molecule has 0 radical (unpaired) electrons. The minimum absolute atomic E-state index is 0.126. The van der Waals surface area contributed by atoms with E-state index in [4.69, 9.17) is 19.0 Å². The molecule has 0 aliphatic carbocycles. The Morgan fingerprint density at radius 2 is 1.48 bits per heavy atom. The molecule has 0 bridgehead atoms. The molecule has 1 rings (SSSR count). The number of carbonyl (C=O) groups is 1. The van der Waals surface area contributed by atoms with Crippen LogP contribution in [0.25, 0.3) is 0 Å². The van der Waals surface area contributed by atoms with Gasteiger partial charge in [-0.15, -0.1) is 0 Å². The molecule has 0 fully saturated rings. The van der Waals surface area contributed by atoms with Crippen molar-refractivity contribution < 1.29 is 23.8 Å². The standard InChI is InChI=1S/C21H35NO5/c1-20(2,3)16-12-15(19(23)22(7)25-9)13-17(21(4,5)6)18(16)27-14-26-11-10-24-8/h12-13H,10-11,14H2,1-9H3. The molecule has 6 nitrogen and oxygen atoms in total. The average molecular weight is 382 g/mol. The van der Waals surface area contributed by atoms with E-state index >= 15 is 0 Å². The van der Waals surface area contributed by atoms with Crippen LogP contribution in [-0.2, 0) is 25.1 Å². The minimum atomic E-state index is -0.218. The molecular weight excluding hydrogens is 346 g/mol. The van der Waals surface area contributed by atoms with Crippen LogP contribution in [0.2, 0.25) is 0 Å². The van der Waals surface area contributed by atoms with Gasteiger partial charge < -0.3 is 14.2 Å². The third-order valence-electron chi connectivity index (χ3n) is 4.23. The number of amides is 1. The van der Waals surface area contributed by atoms with Crippen molar-refractivity contribution in [2.75, 3.05) is 41.3 Å². The molecule has 0 saturated heterocycles. The Kier molecular flexibility index (Phi) is 8.26. The second-order valence-corrected chi connectivity index (χ2v) is 8.55. The van der Waals surface area contributed by atoms with Crippen LogP contribution in [0.1, 0.15) is 63.0 Å². The molecule has 0 N–H and O–H groups in total. The average Bonchev–Trinajstić information content (AvgIpc) is 2.58. The molecule has 0 heterocycles. The number of hydrogen-bond donors (Lipinski definition) is 0. The first-order valence-corrected chi connectivity index (χ1v) is 9.14. The summed E-state index contributed by atoms with van der Waals surface area (Å²) in [6.07, 6.45) is 0. The molecule has 0 aromatic heterocycles. The normalized spacial score (nSPS) is 12.2. The Bertz CT molecular complexity index is 593. The monoisotopic (exact) mass is 381 g/mol. The van der Waals surface area contributed by atoms with Gasteiger partial charge in [0.15, 0.2) is 6.79 Å². The Balaban J connectivity index is 3.42. The maximum atomic E-state index is 12.7. The zero-order chi connectivity index (χ0) is 20.8. The van der Waals surface area contributed by atoms with Crippen molar-refractivity contribution in [3.63, 3.8) is 0 Å². The highest BCUT2D eigenvalue weighted by Gasteiger charge is 2.29. The van der Waals surface area contributed by atoms with E-state index in [0.717, 1.165) is 16.9 Å². The van der Waals surface area contributed by atoms with Crippen LogP contribution in [0.15, 0.2) is 12.1 Å². The summed E-state index contributed by atoms with van der Waals surface area (Å²) in [6.45, 7) is 13.7. The van der Waals surface area contributed by atoms with Gasteiger partial charge in [0.2, 0.25) is 0 Å². The van der Waals surface area contributed by atoms with Crippen LogP contribution >= 0.6 is 0 Å². The van der Waals surface area contributed by atoms with E-state index in [1.54, 1.807) is 14.2 Å². The Morgan fingerprint density at radius 3 is 1.89 bits per heavy atom. The Labute approximate surface area is 163 Å². The van der Waals surface area contributed by atoms with Crippen molar-refractivity contribution >= 4 is 5.91 Å². The fourth-order valence-corrected chi connectivity index (χ4v) is 2.59. The minimum Gasteiger partial charge on any atom is -0.467 e. The zero-order valence-electron chi connectivity index (χ0n) is 18.3. The van der Waals surface area contributed by atoms with E-state index in [2.05, 4.69) is 41.5 Å². The maximum absolute atomic E-state index is 12.7. The molecule has 154 valence electrons. The van der Waals surface area contributed by atoms with Gasteiger partial charge >= 0.3 is 0 Å². The van der Waals surface area contributed by atoms with Gasteiger partial charge in [0, 0.05) is 30.8 Å². The third-order valence-corrected chi connectivity index (χ3v) is 4.23. The highest BCUT2D eigenvalue weighted by Crippen LogP contribution is 2.41. The van der Waals surface area contributed by atoms with Gasteiger partial charge in [0.05, 0.1) is 20.3 Å². The predicted octanol–water partition coefficient (Wildman–Crippen LogP) is 3.91. The van der Waals surface area contributed by atoms with Crippen LogP contribution < -0.4 is 4.74 Å². The molecule has 0 aliphatic heterocycles. The van der Waals surface area contributed by atoms with Crippen molar-refractivity contribution in [3.8, 4) is 5.75 Å². The molecule has 0 saturated carbocycles. The number of benzene rings is 1. The molecule has 1 aromatic rings. The second-order valence-electron chi connectivity index (χ2n) is 8.55. The van der Waals surface area contributed by atoms with Gasteiger partial charge in [-0.2, -0.15) is 0 Å². The predicted molar refractivity (Wildman–Crippen MR) is 106 cm³/mol. The van der Waals surface area contributed by atoms with Gasteiger partial charge in [-0.25, -0.2) is 5.06 Å². The molecular formula is C21H35NO5. The topological polar surface area (TPSA) is 57.2 Å². The van der Waals surface area contributed by atoms with E-state index < -0.39 is 0 Å². The summed E-state index contributed by atoms with van der Waals surface area (Å²) >= 11 is 0. The fraction of sp³-hybridized carbons (Fsp3) is 0.667. The molecule has 0 spiro atoms. The smallest absolute Gasteiger partial charge is 0.277 e. The lowest BCUT2D eigenvalue weighted by Gasteiger charge is -2.30. The molecule has 1 aromatic carbocycles. The summed E-state index contributed by atoms with van der Waals surface area (Å²) in [5.41, 5.74) is 2.05. The van der Waals surface area contributed by atoms with Crippen LogP contribution in [0.4, 0.5) is 0 Å². The highest BCUT2D eigenvalue weighted by molar-refractivity contribution is 5.94. The summed E-state index contributed by atoms with van der Waals surface area (Å²) < 4.78 is 16.6. The number of carbonyl (C=O) groups excluding carboxylic acids is 1. The molecule has 0 aliphatic rings. The summed E-state index contributed by atoms with van der Waals surface area (Å²) in [5, 5.41) is 1.22. The first-order valence-electron chi connectivity index (χ1n) is 9.14. The van der Waals surface area contributed by atoms with Crippen molar-refractivity contribution in [2.45, 2.75) is 52.4 Å². The molecule has 6 heteroatoms. The van der Waals surface area contributed by atoms with Crippen LogP contribution in [0.5, 0.6) is 5.75 Å². The van der Waals surface area contributed by atoms with Crippen LogP contribution in [0.3, 0.4) is 0 Å². The largest absolute Gasteiger partial charge is 0.467 e. The van der Waals surface area contributed by atoms with E-state index in [0.29, 0.717) is 18.8 Å². The van der Waals surface area contributed by atoms with Gasteiger partial charge in [0.25, 0.3) is 5.91 Å². The lowest BCUT2D eigenvalue weighted by atomic mass is 9.78. The van der Waals surface area contributed by atoms with Crippen LogP contribution in [0, 0.1) is 0 Å². The first kappa shape index (κ1) is 23.4. The SMILES string of the molecule is COCCOCOc1c(C(C)(C)C)cc(C(=O)N(C)OC)cc1C(C)(C)C. The second kappa shape index (κ2) is 9.53. The van der Waals surface area contributed by atoms with Crippen LogP contribution in [-0.4, -0.2) is 52.2 Å². The van der Waals surface area contributed by atoms with E-state index in [1.165, 1.54) is 12.2 Å². The Morgan fingerprint density at radius 1 is 0.963 bits per heavy atom. The summed E-state index contributed by atoms with van der Waals surface area (Å²) in [5.74, 6) is 0.570. The van der Waals surface area contributed by atoms with Crippen molar-refractivity contribution in [2.24, 2.45) is 0 Å². The number of methoxy groups -OCH3 is 1. The number of nitrogens with zero attached hydrogens (tertiary/aromatic N) is 1. The summed E-state index contributed by atoms with van der Waals surface area (Å²) in [7, 11) is 4.71. The fourth-order valence-electron chi connectivity index (χ4n) is 2.59. The van der Waals surface area contributed by atoms with Crippen molar-refractivity contribution in [1.29, 1.82) is 0 Å². The number of ether oxygens (including phenoxy) is 3. The van der Waals surface area contributed by atoms with Crippen molar-refractivity contribution in [1.82, 2.24) is 5.06 Å². The molecule has 27 heavy (non-hydrogen) atoms. The lowest BCUT2D eigenvalue weighted by molar-refractivity contribution is -0.0757. The van der Waals surface area contributed by atoms with Gasteiger partial charge in [0.1, 0.15) is 5.75 Å². The van der Waals surface area contributed by atoms with Gasteiger partial charge in [-0.1, -0.05) is 41.5 Å². The molecule has 0 atom stereocenters. The van der Waals surface area contributed by atoms with E-state index in [-0.39, 0.29) is 23.5 Å². The third kappa shape index (κ3) is 6.48. The lowest BCUT2D eigenvalue weighted by Crippen LogP contribution is -2.28. The first-order chi connectivity index (χ1) is 12.4. The number of hydrogen-bond acceptors (Lipinski definition) is 5. The number of rotatable bonds is 8. The number of hydroxylamine groups is 2. The Hall–Kier alpha value is -1.63. The van der Waals surface area contributed by atoms with Gasteiger partial charge in [-0.3, -0.25) is 9.63 Å². The van der Waals surface area contributed by atoms with Crippen molar-refractivity contribution in [3.05, 3.63) is 28.8 Å².